The van der Waals surface area contributed by atoms with Crippen molar-refractivity contribution in [1.29, 1.82) is 0 Å². The predicted molar refractivity (Wildman–Crippen MR) is 77.5 cm³/mol. The summed E-state index contributed by atoms with van der Waals surface area (Å²) in [4.78, 5) is 0. The van der Waals surface area contributed by atoms with E-state index in [2.05, 4.69) is 0 Å². The van der Waals surface area contributed by atoms with Gasteiger partial charge in [0.15, 0.2) is 11.6 Å². The number of rotatable bonds is 3. The predicted octanol–water partition coefficient (Wildman–Crippen LogP) is 4.12. The average molecular weight is 282 g/mol. The van der Waals surface area contributed by atoms with Crippen molar-refractivity contribution in [2.24, 2.45) is 5.73 Å². The number of halogens is 2. The summed E-state index contributed by atoms with van der Waals surface area (Å²) >= 11 is 0. The molecule has 2 nitrogen and oxygen atoms in total. The molecular weight excluding hydrogens is 265 g/mol. The van der Waals surface area contributed by atoms with Crippen LogP contribution in [0, 0.1) is 19.7 Å². The second kappa shape index (κ2) is 6.55. The Labute approximate surface area is 118 Å². The number of aryl methyl sites for hydroxylation is 2. The molecule has 0 saturated carbocycles. The molecule has 19 heavy (non-hydrogen) atoms. The van der Waals surface area contributed by atoms with Crippen LogP contribution in [0.25, 0.3) is 0 Å². The van der Waals surface area contributed by atoms with Gasteiger partial charge < -0.3 is 10.5 Å². The second-order valence-corrected chi connectivity index (χ2v) is 4.28. The molecule has 0 aliphatic carbocycles. The lowest BCUT2D eigenvalue weighted by Gasteiger charge is -2.12. The van der Waals surface area contributed by atoms with Crippen molar-refractivity contribution in [2.45, 2.75) is 20.4 Å². The summed E-state index contributed by atoms with van der Waals surface area (Å²) in [7, 11) is 0. The summed E-state index contributed by atoms with van der Waals surface area (Å²) < 4.78 is 19.1. The molecule has 0 saturated heterocycles. The van der Waals surface area contributed by atoms with Crippen molar-refractivity contribution in [3.05, 3.63) is 58.9 Å². The van der Waals surface area contributed by atoms with Crippen LogP contribution in [0.3, 0.4) is 0 Å². The molecule has 0 aliphatic rings. The van der Waals surface area contributed by atoms with Crippen molar-refractivity contribution in [3.63, 3.8) is 0 Å². The third-order valence-electron chi connectivity index (χ3n) is 2.91. The fraction of sp³-hybridized carbons (Fsp3) is 0.200. The van der Waals surface area contributed by atoms with Crippen LogP contribution in [-0.2, 0) is 6.54 Å². The van der Waals surface area contributed by atoms with Crippen LogP contribution in [0.5, 0.6) is 11.5 Å². The van der Waals surface area contributed by atoms with Gasteiger partial charge in [0.05, 0.1) is 0 Å². The number of para-hydroxylation sites is 1. The maximum Gasteiger partial charge on any atom is 0.165 e. The van der Waals surface area contributed by atoms with E-state index in [1.165, 1.54) is 6.07 Å². The lowest BCUT2D eigenvalue weighted by atomic mass is 10.0. The Hall–Kier alpha value is -1.58. The lowest BCUT2D eigenvalue weighted by Crippen LogP contribution is -2.01. The van der Waals surface area contributed by atoms with E-state index < -0.39 is 0 Å². The average Bonchev–Trinajstić information content (AvgIpc) is 2.36. The molecule has 2 rings (SSSR count). The van der Waals surface area contributed by atoms with Crippen LogP contribution in [0.4, 0.5) is 4.39 Å². The van der Waals surface area contributed by atoms with E-state index in [9.17, 15) is 4.39 Å². The van der Waals surface area contributed by atoms with Crippen LogP contribution in [0.15, 0.2) is 36.4 Å². The molecule has 4 heteroatoms. The van der Waals surface area contributed by atoms with Crippen LogP contribution < -0.4 is 10.5 Å². The van der Waals surface area contributed by atoms with Crippen molar-refractivity contribution >= 4 is 12.4 Å². The summed E-state index contributed by atoms with van der Waals surface area (Å²) in [5, 5.41) is 0. The first-order valence-corrected chi connectivity index (χ1v) is 5.84. The van der Waals surface area contributed by atoms with Gasteiger partial charge >= 0.3 is 0 Å². The van der Waals surface area contributed by atoms with Crippen molar-refractivity contribution in [3.8, 4) is 11.5 Å². The minimum absolute atomic E-state index is 0. The third kappa shape index (κ3) is 3.46. The Morgan fingerprint density at radius 1 is 1.05 bits per heavy atom. The first kappa shape index (κ1) is 15.5. The molecule has 0 heterocycles. The molecule has 2 aromatic rings. The summed E-state index contributed by atoms with van der Waals surface area (Å²) in [6.45, 7) is 4.39. The molecule has 0 radical (unpaired) electrons. The molecule has 2 N–H and O–H groups in total. The van der Waals surface area contributed by atoms with Crippen molar-refractivity contribution < 1.29 is 9.13 Å². The van der Waals surface area contributed by atoms with Gasteiger partial charge in [0.1, 0.15) is 5.75 Å². The zero-order valence-corrected chi connectivity index (χ0v) is 11.8. The van der Waals surface area contributed by atoms with Gasteiger partial charge in [-0.3, -0.25) is 0 Å². The SMILES string of the molecule is Cc1cc(Oc2ccccc2F)c(C)cc1CN.Cl. The number of ether oxygens (including phenoxy) is 1. The zero-order chi connectivity index (χ0) is 13.1. The Balaban J connectivity index is 0.00000180. The monoisotopic (exact) mass is 281 g/mol. The highest BCUT2D eigenvalue weighted by Gasteiger charge is 2.08. The second-order valence-electron chi connectivity index (χ2n) is 4.28. The van der Waals surface area contributed by atoms with Crippen LogP contribution in [0.2, 0.25) is 0 Å². The summed E-state index contributed by atoms with van der Waals surface area (Å²) in [5.74, 6) is 0.535. The van der Waals surface area contributed by atoms with E-state index in [0.717, 1.165) is 16.7 Å². The molecule has 0 amide bonds. The van der Waals surface area contributed by atoms with E-state index >= 15 is 0 Å². The molecule has 0 aliphatic heterocycles. The standard InChI is InChI=1S/C15H16FNO.ClH/c1-10-8-15(11(2)7-12(10)9-17)18-14-6-4-3-5-13(14)16;/h3-8H,9,17H2,1-2H3;1H. The molecule has 0 bridgehead atoms. The maximum atomic E-state index is 13.5. The van der Waals surface area contributed by atoms with Crippen molar-refractivity contribution in [1.82, 2.24) is 0 Å². The largest absolute Gasteiger partial charge is 0.454 e. The van der Waals surface area contributed by atoms with E-state index in [1.54, 1.807) is 18.2 Å². The number of nitrogens with two attached hydrogens (primary N) is 1. The normalized spacial score (nSPS) is 9.89. The molecule has 0 atom stereocenters. The summed E-state index contributed by atoms with van der Waals surface area (Å²) in [5.41, 5.74) is 8.72. The molecule has 102 valence electrons. The van der Waals surface area contributed by atoms with Gasteiger partial charge in [-0.05, 0) is 48.7 Å². The number of hydrogen-bond acceptors (Lipinski definition) is 2. The molecule has 0 aromatic heterocycles. The fourth-order valence-corrected chi connectivity index (χ4v) is 1.83. The van der Waals surface area contributed by atoms with E-state index in [-0.39, 0.29) is 24.0 Å². The molecule has 0 unspecified atom stereocenters. The summed E-state index contributed by atoms with van der Waals surface area (Å²) in [6, 6.07) is 10.2. The van der Waals surface area contributed by atoms with Gasteiger partial charge in [0.25, 0.3) is 0 Å². The van der Waals surface area contributed by atoms with E-state index in [1.807, 2.05) is 26.0 Å². The van der Waals surface area contributed by atoms with Gasteiger partial charge in [-0.15, -0.1) is 12.4 Å². The molecule has 0 fully saturated rings. The lowest BCUT2D eigenvalue weighted by molar-refractivity contribution is 0.439. The molecular formula is C15H17ClFNO. The first-order chi connectivity index (χ1) is 8.61. The highest BCUT2D eigenvalue weighted by molar-refractivity contribution is 5.85. The van der Waals surface area contributed by atoms with Crippen LogP contribution >= 0.6 is 12.4 Å². The number of benzene rings is 2. The topological polar surface area (TPSA) is 35.2 Å². The highest BCUT2D eigenvalue weighted by atomic mass is 35.5. The van der Waals surface area contributed by atoms with Crippen LogP contribution in [0.1, 0.15) is 16.7 Å². The molecule has 2 aromatic carbocycles. The van der Waals surface area contributed by atoms with Gasteiger partial charge in [0.2, 0.25) is 0 Å². The molecule has 0 spiro atoms. The minimum Gasteiger partial charge on any atom is -0.454 e. The van der Waals surface area contributed by atoms with Gasteiger partial charge in [0, 0.05) is 6.54 Å². The zero-order valence-electron chi connectivity index (χ0n) is 10.9. The Bertz CT molecular complexity index is 572. The van der Waals surface area contributed by atoms with E-state index in [4.69, 9.17) is 10.5 Å². The van der Waals surface area contributed by atoms with Gasteiger partial charge in [-0.2, -0.15) is 0 Å². The van der Waals surface area contributed by atoms with Crippen LogP contribution in [-0.4, -0.2) is 0 Å². The first-order valence-electron chi connectivity index (χ1n) is 5.84. The Morgan fingerprint density at radius 2 is 1.74 bits per heavy atom. The smallest absolute Gasteiger partial charge is 0.165 e. The van der Waals surface area contributed by atoms with Gasteiger partial charge in [-0.1, -0.05) is 18.2 Å². The Morgan fingerprint density at radius 3 is 2.37 bits per heavy atom. The number of hydrogen-bond donors (Lipinski definition) is 1. The highest BCUT2D eigenvalue weighted by Crippen LogP contribution is 2.29. The van der Waals surface area contributed by atoms with E-state index in [0.29, 0.717) is 12.3 Å². The fourth-order valence-electron chi connectivity index (χ4n) is 1.83. The summed E-state index contributed by atoms with van der Waals surface area (Å²) in [6.07, 6.45) is 0. The Kier molecular flexibility index (Phi) is 5.33. The minimum atomic E-state index is -0.363. The van der Waals surface area contributed by atoms with Gasteiger partial charge in [-0.25, -0.2) is 4.39 Å². The maximum absolute atomic E-state index is 13.5. The van der Waals surface area contributed by atoms with Crippen molar-refractivity contribution in [2.75, 3.05) is 0 Å². The quantitative estimate of drug-likeness (QED) is 0.919. The third-order valence-corrected chi connectivity index (χ3v) is 2.91.